The first-order valence-corrected chi connectivity index (χ1v) is 8.28. The molecule has 2 N–H and O–H groups in total. The predicted molar refractivity (Wildman–Crippen MR) is 80.9 cm³/mol. The van der Waals surface area contributed by atoms with Crippen molar-refractivity contribution in [2.45, 2.75) is 12.7 Å². The van der Waals surface area contributed by atoms with E-state index < -0.39 is 10.0 Å². The SMILES string of the molecule is CCNCCNS(=O)(=O)Cc1cccc2cccnc12. The summed E-state index contributed by atoms with van der Waals surface area (Å²) in [4.78, 5) is 4.27. The molecule has 0 saturated carbocycles. The second kappa shape index (κ2) is 6.78. The molecule has 108 valence electrons. The highest BCUT2D eigenvalue weighted by Gasteiger charge is 2.13. The molecule has 1 heterocycles. The largest absolute Gasteiger partial charge is 0.316 e. The van der Waals surface area contributed by atoms with Crippen LogP contribution < -0.4 is 10.0 Å². The van der Waals surface area contributed by atoms with Gasteiger partial charge in [-0.15, -0.1) is 0 Å². The Kier molecular flexibility index (Phi) is 5.05. The van der Waals surface area contributed by atoms with Gasteiger partial charge in [0.2, 0.25) is 10.0 Å². The summed E-state index contributed by atoms with van der Waals surface area (Å²) in [7, 11) is -3.34. The number of para-hydroxylation sites is 1. The maximum atomic E-state index is 12.0. The number of pyridine rings is 1. The highest BCUT2D eigenvalue weighted by atomic mass is 32.2. The maximum Gasteiger partial charge on any atom is 0.215 e. The lowest BCUT2D eigenvalue weighted by Crippen LogP contribution is -2.32. The van der Waals surface area contributed by atoms with Crippen LogP contribution in [0.15, 0.2) is 36.5 Å². The zero-order valence-corrected chi connectivity index (χ0v) is 12.3. The minimum atomic E-state index is -3.34. The summed E-state index contributed by atoms with van der Waals surface area (Å²) < 4.78 is 26.7. The number of benzene rings is 1. The molecule has 0 radical (unpaired) electrons. The van der Waals surface area contributed by atoms with Crippen LogP contribution in [0.4, 0.5) is 0 Å². The summed E-state index contributed by atoms with van der Waals surface area (Å²) in [5.74, 6) is -0.0481. The van der Waals surface area contributed by atoms with E-state index in [-0.39, 0.29) is 5.75 Å². The van der Waals surface area contributed by atoms with Crippen molar-refractivity contribution >= 4 is 20.9 Å². The third kappa shape index (κ3) is 4.00. The number of nitrogens with zero attached hydrogens (tertiary/aromatic N) is 1. The van der Waals surface area contributed by atoms with E-state index in [4.69, 9.17) is 0 Å². The molecule has 0 amide bonds. The number of nitrogens with one attached hydrogen (secondary N) is 2. The quantitative estimate of drug-likeness (QED) is 0.754. The third-order valence-corrected chi connectivity index (χ3v) is 4.27. The lowest BCUT2D eigenvalue weighted by Gasteiger charge is -2.08. The van der Waals surface area contributed by atoms with E-state index in [1.54, 1.807) is 12.3 Å². The number of rotatable bonds is 7. The van der Waals surface area contributed by atoms with E-state index >= 15 is 0 Å². The number of likely N-dealkylation sites (N-methyl/N-ethyl adjacent to an activating group) is 1. The number of hydrogen-bond donors (Lipinski definition) is 2. The van der Waals surface area contributed by atoms with E-state index in [0.717, 1.165) is 23.0 Å². The van der Waals surface area contributed by atoms with Crippen LogP contribution in [-0.2, 0) is 15.8 Å². The lowest BCUT2D eigenvalue weighted by atomic mass is 10.1. The zero-order valence-electron chi connectivity index (χ0n) is 11.5. The molecule has 0 saturated heterocycles. The van der Waals surface area contributed by atoms with Crippen molar-refractivity contribution in [3.63, 3.8) is 0 Å². The van der Waals surface area contributed by atoms with Gasteiger partial charge in [0.15, 0.2) is 0 Å². The Bertz CT molecular complexity index is 666. The second-order valence-corrected chi connectivity index (χ2v) is 6.31. The van der Waals surface area contributed by atoms with Crippen molar-refractivity contribution < 1.29 is 8.42 Å². The lowest BCUT2D eigenvalue weighted by molar-refractivity contribution is 0.576. The fourth-order valence-electron chi connectivity index (χ4n) is 2.01. The molecule has 6 heteroatoms. The molecule has 0 aliphatic carbocycles. The Morgan fingerprint density at radius 2 is 1.95 bits per heavy atom. The van der Waals surface area contributed by atoms with Crippen molar-refractivity contribution in [2.75, 3.05) is 19.6 Å². The van der Waals surface area contributed by atoms with Gasteiger partial charge in [0.05, 0.1) is 11.3 Å². The van der Waals surface area contributed by atoms with Crippen LogP contribution in [-0.4, -0.2) is 33.0 Å². The first-order chi connectivity index (χ1) is 9.62. The Hall–Kier alpha value is -1.50. The van der Waals surface area contributed by atoms with Crippen LogP contribution in [0, 0.1) is 0 Å². The molecule has 20 heavy (non-hydrogen) atoms. The van der Waals surface area contributed by atoms with Gasteiger partial charge in [0.1, 0.15) is 0 Å². The van der Waals surface area contributed by atoms with Gasteiger partial charge in [-0.3, -0.25) is 4.98 Å². The highest BCUT2D eigenvalue weighted by molar-refractivity contribution is 7.88. The predicted octanol–water partition coefficient (Wildman–Crippen LogP) is 1.26. The Morgan fingerprint density at radius 3 is 2.75 bits per heavy atom. The van der Waals surface area contributed by atoms with Gasteiger partial charge < -0.3 is 5.32 Å². The molecule has 0 fully saturated rings. The highest BCUT2D eigenvalue weighted by Crippen LogP contribution is 2.17. The molecular formula is C14H19N3O2S. The van der Waals surface area contributed by atoms with Crippen LogP contribution in [0.2, 0.25) is 0 Å². The molecule has 1 aromatic carbocycles. The average molecular weight is 293 g/mol. The summed E-state index contributed by atoms with van der Waals surface area (Å²) >= 11 is 0. The van der Waals surface area contributed by atoms with Gasteiger partial charge in [0.25, 0.3) is 0 Å². The van der Waals surface area contributed by atoms with Crippen molar-refractivity contribution in [1.29, 1.82) is 0 Å². The van der Waals surface area contributed by atoms with E-state index in [9.17, 15) is 8.42 Å². The van der Waals surface area contributed by atoms with Crippen molar-refractivity contribution in [3.8, 4) is 0 Å². The normalized spacial score (nSPS) is 11.8. The Balaban J connectivity index is 2.11. The molecule has 2 rings (SSSR count). The number of sulfonamides is 1. The molecule has 0 bridgehead atoms. The number of fused-ring (bicyclic) bond motifs is 1. The summed E-state index contributed by atoms with van der Waals surface area (Å²) in [5, 5.41) is 4.03. The second-order valence-electron chi connectivity index (χ2n) is 4.50. The zero-order chi connectivity index (χ0) is 14.4. The third-order valence-electron chi connectivity index (χ3n) is 2.94. The van der Waals surface area contributed by atoms with Gasteiger partial charge in [-0.25, -0.2) is 13.1 Å². The molecule has 1 aromatic heterocycles. The first-order valence-electron chi connectivity index (χ1n) is 6.63. The van der Waals surface area contributed by atoms with Crippen LogP contribution in [0.25, 0.3) is 10.9 Å². The monoisotopic (exact) mass is 293 g/mol. The minimum absolute atomic E-state index is 0.0481. The summed E-state index contributed by atoms with van der Waals surface area (Å²) in [5.41, 5.74) is 1.46. The summed E-state index contributed by atoms with van der Waals surface area (Å²) in [6.45, 7) is 3.84. The number of aromatic nitrogens is 1. The molecule has 5 nitrogen and oxygen atoms in total. The van der Waals surface area contributed by atoms with E-state index in [1.165, 1.54) is 0 Å². The van der Waals surface area contributed by atoms with Gasteiger partial charge >= 0.3 is 0 Å². The van der Waals surface area contributed by atoms with Crippen molar-refractivity contribution in [2.24, 2.45) is 0 Å². The standard InChI is InChI=1S/C14H19N3O2S/c1-2-15-9-10-17-20(18,19)11-13-6-3-5-12-7-4-8-16-14(12)13/h3-8,15,17H,2,9-11H2,1H3. The Morgan fingerprint density at radius 1 is 1.15 bits per heavy atom. The average Bonchev–Trinajstić information content (AvgIpc) is 2.44. The minimum Gasteiger partial charge on any atom is -0.316 e. The van der Waals surface area contributed by atoms with Gasteiger partial charge in [-0.05, 0) is 18.2 Å². The topological polar surface area (TPSA) is 71.1 Å². The first kappa shape index (κ1) is 14.9. The molecular weight excluding hydrogens is 274 g/mol. The van der Waals surface area contributed by atoms with Gasteiger partial charge in [0, 0.05) is 24.7 Å². The van der Waals surface area contributed by atoms with Crippen molar-refractivity contribution in [3.05, 3.63) is 42.1 Å². The van der Waals surface area contributed by atoms with Crippen LogP contribution in [0.3, 0.4) is 0 Å². The van der Waals surface area contributed by atoms with Crippen LogP contribution >= 0.6 is 0 Å². The smallest absolute Gasteiger partial charge is 0.215 e. The molecule has 0 aliphatic rings. The Labute approximate surface area is 119 Å². The van der Waals surface area contributed by atoms with Gasteiger partial charge in [-0.1, -0.05) is 31.2 Å². The van der Waals surface area contributed by atoms with Gasteiger partial charge in [-0.2, -0.15) is 0 Å². The van der Waals surface area contributed by atoms with E-state index in [2.05, 4.69) is 15.0 Å². The summed E-state index contributed by atoms with van der Waals surface area (Å²) in [6, 6.07) is 9.36. The molecule has 0 spiro atoms. The summed E-state index contributed by atoms with van der Waals surface area (Å²) in [6.07, 6.45) is 1.68. The number of hydrogen-bond acceptors (Lipinski definition) is 4. The molecule has 2 aromatic rings. The molecule has 0 unspecified atom stereocenters. The van der Waals surface area contributed by atoms with Crippen LogP contribution in [0.5, 0.6) is 0 Å². The van der Waals surface area contributed by atoms with Crippen molar-refractivity contribution in [1.82, 2.24) is 15.0 Å². The van der Waals surface area contributed by atoms with E-state index in [0.29, 0.717) is 13.1 Å². The fraction of sp³-hybridized carbons (Fsp3) is 0.357. The molecule has 0 aliphatic heterocycles. The molecule has 0 atom stereocenters. The van der Waals surface area contributed by atoms with E-state index in [1.807, 2.05) is 31.2 Å². The van der Waals surface area contributed by atoms with Crippen LogP contribution in [0.1, 0.15) is 12.5 Å². The fourth-order valence-corrected chi connectivity index (χ4v) is 3.17. The maximum absolute atomic E-state index is 12.0.